The third kappa shape index (κ3) is 4.30. The van der Waals surface area contributed by atoms with Crippen molar-refractivity contribution in [3.05, 3.63) is 41.0 Å². The average molecular weight is 218 g/mol. The minimum absolute atomic E-state index is 0.241. The van der Waals surface area contributed by atoms with Gasteiger partial charge in [0.1, 0.15) is 6.61 Å². The Balaban J connectivity index is 2.69. The number of rotatable bonds is 4. The number of hydrogen-bond donors (Lipinski definition) is 0. The number of carbonyl (C=O) groups is 1. The Hall–Kier alpha value is -1.57. The number of esters is 1. The van der Waals surface area contributed by atoms with Gasteiger partial charge in [-0.2, -0.15) is 0 Å². The highest BCUT2D eigenvalue weighted by atomic mass is 16.5. The zero-order valence-corrected chi connectivity index (χ0v) is 10.1. The molecule has 0 saturated heterocycles. The standard InChI is InChI=1S/C14H18O2/c1-4-13-6-5-7-14(9-13)8-11(2)10-16-12(3)15/h5-9H,4,10H2,1-3H3. The molecule has 0 heterocycles. The van der Waals surface area contributed by atoms with Gasteiger partial charge < -0.3 is 4.74 Å². The van der Waals surface area contributed by atoms with Gasteiger partial charge in [0.25, 0.3) is 0 Å². The summed E-state index contributed by atoms with van der Waals surface area (Å²) in [7, 11) is 0. The fourth-order valence-corrected chi connectivity index (χ4v) is 1.44. The van der Waals surface area contributed by atoms with E-state index >= 15 is 0 Å². The van der Waals surface area contributed by atoms with E-state index in [-0.39, 0.29) is 5.97 Å². The third-order valence-electron chi connectivity index (χ3n) is 2.28. The van der Waals surface area contributed by atoms with Crippen molar-refractivity contribution in [3.8, 4) is 0 Å². The van der Waals surface area contributed by atoms with E-state index in [1.54, 1.807) is 0 Å². The zero-order chi connectivity index (χ0) is 12.0. The van der Waals surface area contributed by atoms with Crippen molar-refractivity contribution in [2.45, 2.75) is 27.2 Å². The van der Waals surface area contributed by atoms with E-state index in [1.165, 1.54) is 12.5 Å². The van der Waals surface area contributed by atoms with Gasteiger partial charge in [0, 0.05) is 6.92 Å². The molecule has 0 radical (unpaired) electrons. The Kier molecular flexibility index (Phi) is 4.77. The van der Waals surface area contributed by atoms with Crippen LogP contribution < -0.4 is 0 Å². The molecule has 0 N–H and O–H groups in total. The molecule has 16 heavy (non-hydrogen) atoms. The van der Waals surface area contributed by atoms with Crippen LogP contribution in [0.25, 0.3) is 6.08 Å². The van der Waals surface area contributed by atoms with Gasteiger partial charge in [0.2, 0.25) is 0 Å². The summed E-state index contributed by atoms with van der Waals surface area (Å²) in [5.74, 6) is -0.241. The molecule has 1 aromatic carbocycles. The molecule has 0 amide bonds. The maximum atomic E-state index is 10.7. The maximum Gasteiger partial charge on any atom is 0.302 e. The second-order valence-corrected chi connectivity index (χ2v) is 3.87. The second-order valence-electron chi connectivity index (χ2n) is 3.87. The van der Waals surface area contributed by atoms with Crippen LogP contribution in [0, 0.1) is 0 Å². The highest BCUT2D eigenvalue weighted by molar-refractivity contribution is 5.66. The van der Waals surface area contributed by atoms with E-state index in [1.807, 2.05) is 19.1 Å². The summed E-state index contributed by atoms with van der Waals surface area (Å²) in [5, 5.41) is 0. The molecule has 2 nitrogen and oxygen atoms in total. The summed E-state index contributed by atoms with van der Waals surface area (Å²) < 4.78 is 4.93. The Morgan fingerprint density at radius 2 is 2.12 bits per heavy atom. The van der Waals surface area contributed by atoms with Crippen LogP contribution in [0.1, 0.15) is 31.9 Å². The second kappa shape index (κ2) is 6.11. The number of benzene rings is 1. The molecule has 0 aromatic heterocycles. The van der Waals surface area contributed by atoms with Gasteiger partial charge in [0.05, 0.1) is 0 Å². The first kappa shape index (κ1) is 12.5. The van der Waals surface area contributed by atoms with Crippen LogP contribution in [0.15, 0.2) is 29.8 Å². The van der Waals surface area contributed by atoms with E-state index in [2.05, 4.69) is 25.1 Å². The summed E-state index contributed by atoms with van der Waals surface area (Å²) >= 11 is 0. The van der Waals surface area contributed by atoms with Crippen LogP contribution in [-0.4, -0.2) is 12.6 Å². The molecule has 0 saturated carbocycles. The van der Waals surface area contributed by atoms with E-state index in [4.69, 9.17) is 4.74 Å². The fraction of sp³-hybridized carbons (Fsp3) is 0.357. The van der Waals surface area contributed by atoms with Crippen LogP contribution in [0.5, 0.6) is 0 Å². The van der Waals surface area contributed by atoms with Gasteiger partial charge in [-0.15, -0.1) is 0 Å². The third-order valence-corrected chi connectivity index (χ3v) is 2.28. The van der Waals surface area contributed by atoms with E-state index in [0.29, 0.717) is 6.61 Å². The Morgan fingerprint density at radius 1 is 1.38 bits per heavy atom. The lowest BCUT2D eigenvalue weighted by Gasteiger charge is -2.03. The largest absolute Gasteiger partial charge is 0.461 e. The van der Waals surface area contributed by atoms with Gasteiger partial charge >= 0.3 is 5.97 Å². The van der Waals surface area contributed by atoms with Crippen LogP contribution in [-0.2, 0) is 16.0 Å². The van der Waals surface area contributed by atoms with Crippen molar-refractivity contribution in [3.63, 3.8) is 0 Å². The predicted octanol–water partition coefficient (Wildman–Crippen LogP) is 3.22. The Morgan fingerprint density at radius 3 is 2.75 bits per heavy atom. The van der Waals surface area contributed by atoms with E-state index in [0.717, 1.165) is 17.6 Å². The Bertz CT molecular complexity index is 391. The van der Waals surface area contributed by atoms with Crippen molar-refractivity contribution in [2.75, 3.05) is 6.61 Å². The molecule has 0 aliphatic heterocycles. The molecular formula is C14H18O2. The molecule has 1 aromatic rings. The smallest absolute Gasteiger partial charge is 0.302 e. The summed E-state index contributed by atoms with van der Waals surface area (Å²) in [5.41, 5.74) is 3.52. The van der Waals surface area contributed by atoms with Gasteiger partial charge in [-0.25, -0.2) is 0 Å². The number of ether oxygens (including phenoxy) is 1. The fourth-order valence-electron chi connectivity index (χ4n) is 1.44. The lowest BCUT2D eigenvalue weighted by molar-refractivity contribution is -0.139. The van der Waals surface area contributed by atoms with Crippen molar-refractivity contribution in [1.29, 1.82) is 0 Å². The molecule has 0 unspecified atom stereocenters. The SMILES string of the molecule is CCc1cccc(C=C(C)COC(C)=O)c1. The van der Waals surface area contributed by atoms with Crippen molar-refractivity contribution in [2.24, 2.45) is 0 Å². The first-order valence-corrected chi connectivity index (χ1v) is 5.51. The summed E-state index contributed by atoms with van der Waals surface area (Å²) in [6.45, 7) is 5.88. The van der Waals surface area contributed by atoms with E-state index in [9.17, 15) is 4.79 Å². The average Bonchev–Trinajstić information content (AvgIpc) is 2.26. The van der Waals surface area contributed by atoms with Gasteiger partial charge in [-0.3, -0.25) is 4.79 Å². The lowest BCUT2D eigenvalue weighted by Crippen LogP contribution is -2.01. The molecule has 0 spiro atoms. The van der Waals surface area contributed by atoms with Gasteiger partial charge in [-0.1, -0.05) is 37.3 Å². The maximum absolute atomic E-state index is 10.7. The topological polar surface area (TPSA) is 26.3 Å². The van der Waals surface area contributed by atoms with Gasteiger partial charge in [0.15, 0.2) is 0 Å². The molecule has 2 heteroatoms. The lowest BCUT2D eigenvalue weighted by atomic mass is 10.1. The molecular weight excluding hydrogens is 200 g/mol. The molecule has 0 atom stereocenters. The first-order valence-electron chi connectivity index (χ1n) is 5.51. The number of hydrogen-bond acceptors (Lipinski definition) is 2. The number of aryl methyl sites for hydroxylation is 1. The monoisotopic (exact) mass is 218 g/mol. The Labute approximate surface area is 96.9 Å². The highest BCUT2D eigenvalue weighted by Crippen LogP contribution is 2.10. The van der Waals surface area contributed by atoms with Crippen molar-refractivity contribution < 1.29 is 9.53 Å². The first-order chi connectivity index (χ1) is 7.61. The van der Waals surface area contributed by atoms with Crippen molar-refractivity contribution >= 4 is 12.0 Å². The molecule has 0 aliphatic rings. The van der Waals surface area contributed by atoms with Crippen LogP contribution in [0.3, 0.4) is 0 Å². The van der Waals surface area contributed by atoms with E-state index < -0.39 is 0 Å². The minimum atomic E-state index is -0.241. The van der Waals surface area contributed by atoms with Crippen LogP contribution in [0.2, 0.25) is 0 Å². The van der Waals surface area contributed by atoms with Gasteiger partial charge in [-0.05, 0) is 30.0 Å². The summed E-state index contributed by atoms with van der Waals surface area (Å²) in [6.07, 6.45) is 3.08. The zero-order valence-electron chi connectivity index (χ0n) is 10.1. The minimum Gasteiger partial charge on any atom is -0.461 e. The predicted molar refractivity (Wildman–Crippen MR) is 66.1 cm³/mol. The van der Waals surface area contributed by atoms with Crippen LogP contribution in [0.4, 0.5) is 0 Å². The molecule has 0 bridgehead atoms. The highest BCUT2D eigenvalue weighted by Gasteiger charge is 1.96. The molecule has 1 rings (SSSR count). The molecule has 0 fully saturated rings. The molecule has 0 aliphatic carbocycles. The number of carbonyl (C=O) groups excluding carboxylic acids is 1. The quantitative estimate of drug-likeness (QED) is 0.725. The molecule has 86 valence electrons. The van der Waals surface area contributed by atoms with Crippen LogP contribution >= 0.6 is 0 Å². The van der Waals surface area contributed by atoms with Crippen molar-refractivity contribution in [1.82, 2.24) is 0 Å². The summed E-state index contributed by atoms with van der Waals surface area (Å²) in [6, 6.07) is 8.36. The normalized spacial score (nSPS) is 11.3. The summed E-state index contributed by atoms with van der Waals surface area (Å²) in [4.78, 5) is 10.7.